The van der Waals surface area contributed by atoms with Crippen LogP contribution in [0, 0.1) is 0 Å². The van der Waals surface area contributed by atoms with E-state index in [9.17, 15) is 4.79 Å². The minimum absolute atomic E-state index is 0.0983. The number of anilines is 1. The molecule has 3 aromatic rings. The molecule has 0 spiro atoms. The highest BCUT2D eigenvalue weighted by Crippen LogP contribution is 2.30. The molecule has 2 aromatic carbocycles. The summed E-state index contributed by atoms with van der Waals surface area (Å²) >= 11 is 0. The number of aliphatic imine (C=N–C) groups is 1. The molecule has 4 N–H and O–H groups in total. The van der Waals surface area contributed by atoms with Crippen LogP contribution >= 0.6 is 0 Å². The number of ether oxygens (including phenoxy) is 3. The van der Waals surface area contributed by atoms with E-state index < -0.39 is 0 Å². The Morgan fingerprint density at radius 3 is 2.57 bits per heavy atom. The lowest BCUT2D eigenvalue weighted by Gasteiger charge is -2.20. The van der Waals surface area contributed by atoms with Gasteiger partial charge in [-0.05, 0) is 51.1 Å². The number of carbonyl (C=O) groups excluding carboxylic acids is 1. The molecule has 3 rings (SSSR count). The van der Waals surface area contributed by atoms with Crippen LogP contribution in [0.25, 0.3) is 22.3 Å². The van der Waals surface area contributed by atoms with Gasteiger partial charge >= 0.3 is 0 Å². The number of hydrogen-bond acceptors (Lipinski definition) is 9. The third-order valence-corrected chi connectivity index (χ3v) is 4.91. The number of benzene rings is 2. The molecule has 0 saturated carbocycles. The largest absolute Gasteiger partial charge is 0.491 e. The van der Waals surface area contributed by atoms with E-state index in [1.807, 2.05) is 51.1 Å². The van der Waals surface area contributed by atoms with Crippen molar-refractivity contribution in [3.05, 3.63) is 54.4 Å². The number of aromatic nitrogens is 2. The first-order chi connectivity index (χ1) is 17.7. The normalized spacial score (nSPS) is 12.1. The molecule has 0 fully saturated rings. The second-order valence-corrected chi connectivity index (χ2v) is 9.17. The standard InChI is InChI=1S/C27H34N6O4/c1-27(2,3)33-24(34)17-37-20-8-6-7-18(13-20)25-31-23-10-9-21(36-12-11-35-5)14-22(23)26(32-25)30-19(15-28)16-29-4/h6-10,13-16H,11-12,17,28H2,1-5H3,(H,33,34)(H,30,31,32)/b19-15+,29-16?. The Bertz CT molecular complexity index is 1280. The lowest BCUT2D eigenvalue weighted by atomic mass is 10.1. The predicted octanol–water partition coefficient (Wildman–Crippen LogP) is 3.53. The maximum atomic E-state index is 12.2. The number of allylic oxidation sites excluding steroid dienone is 1. The van der Waals surface area contributed by atoms with Gasteiger partial charge in [0.2, 0.25) is 0 Å². The van der Waals surface area contributed by atoms with Crippen LogP contribution in [0.2, 0.25) is 0 Å². The molecule has 0 saturated heterocycles. The fourth-order valence-electron chi connectivity index (χ4n) is 3.39. The summed E-state index contributed by atoms with van der Waals surface area (Å²) in [5.41, 5.74) is 7.44. The Hall–Kier alpha value is -4.18. The summed E-state index contributed by atoms with van der Waals surface area (Å²) in [7, 11) is 3.28. The van der Waals surface area contributed by atoms with E-state index >= 15 is 0 Å². The zero-order valence-electron chi connectivity index (χ0n) is 21.9. The average Bonchev–Trinajstić information content (AvgIpc) is 2.86. The third kappa shape index (κ3) is 8.18. The van der Waals surface area contributed by atoms with Crippen LogP contribution in [0.4, 0.5) is 5.82 Å². The number of nitrogens with two attached hydrogens (primary N) is 1. The van der Waals surface area contributed by atoms with Gasteiger partial charge in [-0.2, -0.15) is 0 Å². The van der Waals surface area contributed by atoms with E-state index in [-0.39, 0.29) is 18.1 Å². The quantitative estimate of drug-likeness (QED) is 0.266. The Morgan fingerprint density at radius 1 is 1.08 bits per heavy atom. The first-order valence-corrected chi connectivity index (χ1v) is 11.8. The van der Waals surface area contributed by atoms with Crippen LogP contribution in [0.5, 0.6) is 11.5 Å². The van der Waals surface area contributed by atoms with Gasteiger partial charge in [-0.25, -0.2) is 9.97 Å². The smallest absolute Gasteiger partial charge is 0.258 e. The third-order valence-electron chi connectivity index (χ3n) is 4.91. The first-order valence-electron chi connectivity index (χ1n) is 11.8. The second-order valence-electron chi connectivity index (χ2n) is 9.17. The number of nitrogens with one attached hydrogen (secondary N) is 2. The predicted molar refractivity (Wildman–Crippen MR) is 146 cm³/mol. The SMILES string of the molecule is CN=C/C(=C\N)Nc1nc(-c2cccc(OCC(=O)NC(C)(C)C)c2)nc2ccc(OCCOC)cc12. The van der Waals surface area contributed by atoms with Crippen molar-refractivity contribution in [3.63, 3.8) is 0 Å². The number of methoxy groups -OCH3 is 1. The number of amides is 1. The van der Waals surface area contributed by atoms with E-state index in [0.717, 1.165) is 10.9 Å². The molecule has 0 bridgehead atoms. The molecule has 1 heterocycles. The summed E-state index contributed by atoms with van der Waals surface area (Å²) in [6.45, 7) is 6.54. The lowest BCUT2D eigenvalue weighted by Crippen LogP contribution is -2.43. The van der Waals surface area contributed by atoms with Crippen molar-refractivity contribution in [2.45, 2.75) is 26.3 Å². The lowest BCUT2D eigenvalue weighted by molar-refractivity contribution is -0.124. The summed E-state index contributed by atoms with van der Waals surface area (Å²) in [6, 6.07) is 12.9. The topological polar surface area (TPSA) is 133 Å². The monoisotopic (exact) mass is 506 g/mol. The summed E-state index contributed by atoms with van der Waals surface area (Å²) in [6.07, 6.45) is 3.01. The van der Waals surface area contributed by atoms with Crippen molar-refractivity contribution < 1.29 is 19.0 Å². The molecule has 0 aliphatic rings. The van der Waals surface area contributed by atoms with Crippen molar-refractivity contribution in [2.75, 3.05) is 39.3 Å². The van der Waals surface area contributed by atoms with Gasteiger partial charge in [0.15, 0.2) is 12.4 Å². The van der Waals surface area contributed by atoms with Crippen molar-refractivity contribution in [1.29, 1.82) is 0 Å². The van der Waals surface area contributed by atoms with Gasteiger partial charge in [-0.3, -0.25) is 9.79 Å². The van der Waals surface area contributed by atoms with E-state index in [1.54, 1.807) is 32.5 Å². The molecular weight excluding hydrogens is 472 g/mol. The van der Waals surface area contributed by atoms with Gasteiger partial charge in [0.25, 0.3) is 5.91 Å². The molecule has 0 atom stereocenters. The highest BCUT2D eigenvalue weighted by atomic mass is 16.5. The number of fused-ring (bicyclic) bond motifs is 1. The Morgan fingerprint density at radius 2 is 1.86 bits per heavy atom. The van der Waals surface area contributed by atoms with Crippen molar-refractivity contribution in [3.8, 4) is 22.9 Å². The minimum atomic E-state index is -0.335. The van der Waals surface area contributed by atoms with E-state index in [0.29, 0.717) is 47.6 Å². The summed E-state index contributed by atoms with van der Waals surface area (Å²) < 4.78 is 16.6. The van der Waals surface area contributed by atoms with Crippen LogP contribution in [0.3, 0.4) is 0 Å². The molecule has 0 aliphatic carbocycles. The van der Waals surface area contributed by atoms with Gasteiger partial charge < -0.3 is 30.6 Å². The molecule has 0 aliphatic heterocycles. The fourth-order valence-corrected chi connectivity index (χ4v) is 3.39. The molecule has 196 valence electrons. The highest BCUT2D eigenvalue weighted by Gasteiger charge is 2.15. The molecule has 1 amide bonds. The van der Waals surface area contributed by atoms with Gasteiger partial charge in [0.1, 0.15) is 23.9 Å². The second kappa shape index (κ2) is 12.7. The van der Waals surface area contributed by atoms with Crippen LogP contribution in [0.1, 0.15) is 20.8 Å². The molecule has 1 aromatic heterocycles. The first kappa shape index (κ1) is 27.4. The van der Waals surface area contributed by atoms with Crippen molar-refractivity contribution in [2.24, 2.45) is 10.7 Å². The maximum Gasteiger partial charge on any atom is 0.258 e. The molecular formula is C27H34N6O4. The zero-order valence-corrected chi connectivity index (χ0v) is 21.9. The van der Waals surface area contributed by atoms with Crippen molar-refractivity contribution >= 4 is 28.8 Å². The summed E-state index contributed by atoms with van der Waals surface area (Å²) in [5.74, 6) is 1.99. The average molecular weight is 507 g/mol. The van der Waals surface area contributed by atoms with E-state index in [4.69, 9.17) is 29.9 Å². The summed E-state index contributed by atoms with van der Waals surface area (Å²) in [5, 5.41) is 6.85. The number of nitrogens with zero attached hydrogens (tertiary/aromatic N) is 3. The Labute approximate surface area is 217 Å². The highest BCUT2D eigenvalue weighted by molar-refractivity contribution is 5.95. The zero-order chi connectivity index (χ0) is 26.8. The van der Waals surface area contributed by atoms with Gasteiger partial charge in [-0.15, -0.1) is 0 Å². The number of rotatable bonds is 11. The van der Waals surface area contributed by atoms with Crippen LogP contribution in [-0.2, 0) is 9.53 Å². The van der Waals surface area contributed by atoms with Gasteiger partial charge in [0.05, 0.1) is 17.8 Å². The molecule has 0 unspecified atom stereocenters. The van der Waals surface area contributed by atoms with Gasteiger partial charge in [-0.1, -0.05) is 12.1 Å². The number of carbonyl (C=O) groups is 1. The molecule has 10 heteroatoms. The van der Waals surface area contributed by atoms with Crippen LogP contribution in [0.15, 0.2) is 59.4 Å². The Kier molecular flexibility index (Phi) is 9.39. The molecule has 10 nitrogen and oxygen atoms in total. The van der Waals surface area contributed by atoms with Crippen LogP contribution < -0.4 is 25.8 Å². The Balaban J connectivity index is 1.95. The number of hydrogen-bond donors (Lipinski definition) is 3. The summed E-state index contributed by atoms with van der Waals surface area (Å²) in [4.78, 5) is 25.7. The van der Waals surface area contributed by atoms with Crippen LogP contribution in [-0.4, -0.2) is 61.6 Å². The molecule has 37 heavy (non-hydrogen) atoms. The van der Waals surface area contributed by atoms with Gasteiger partial charge in [0, 0.05) is 43.1 Å². The van der Waals surface area contributed by atoms with Crippen molar-refractivity contribution in [1.82, 2.24) is 15.3 Å². The van der Waals surface area contributed by atoms with E-state index in [2.05, 4.69) is 15.6 Å². The maximum absolute atomic E-state index is 12.2. The minimum Gasteiger partial charge on any atom is -0.491 e. The fraction of sp³-hybridized carbons (Fsp3) is 0.333. The molecule has 0 radical (unpaired) electrons. The van der Waals surface area contributed by atoms with E-state index in [1.165, 1.54) is 6.20 Å².